The van der Waals surface area contributed by atoms with Crippen molar-refractivity contribution in [2.24, 2.45) is 0 Å². The number of nitrogens with one attached hydrogen (secondary N) is 1. The summed E-state index contributed by atoms with van der Waals surface area (Å²) in [5, 5.41) is 14.1. The number of aromatic nitrogens is 5. The molecule has 1 aliphatic heterocycles. The highest BCUT2D eigenvalue weighted by Gasteiger charge is 2.34. The van der Waals surface area contributed by atoms with Crippen LogP contribution in [0.2, 0.25) is 0 Å². The van der Waals surface area contributed by atoms with Crippen LogP contribution in [-0.4, -0.2) is 56.3 Å². The summed E-state index contributed by atoms with van der Waals surface area (Å²) in [4.78, 5) is 21.3. The minimum Gasteiger partial charge on any atom is -0.369 e. The molecule has 3 heterocycles. The zero-order chi connectivity index (χ0) is 26.1. The molecule has 1 saturated carbocycles. The molecule has 2 aliphatic rings. The van der Waals surface area contributed by atoms with Crippen LogP contribution in [0.15, 0.2) is 53.3 Å². The number of pyridine rings is 1. The Morgan fingerprint density at radius 2 is 1.76 bits per heavy atom. The molecule has 0 bridgehead atoms. The maximum Gasteiger partial charge on any atom is 0.253 e. The molecule has 198 valence electrons. The molecule has 1 aliphatic carbocycles. The third-order valence-corrected chi connectivity index (χ3v) is 8.19. The third kappa shape index (κ3) is 4.82. The van der Waals surface area contributed by atoms with Gasteiger partial charge in [-0.2, -0.15) is 0 Å². The minimum absolute atomic E-state index is 0.106. The maximum atomic E-state index is 13.6. The quantitative estimate of drug-likeness (QED) is 0.403. The number of anilines is 1. The number of hydrogen-bond acceptors (Lipinski definition) is 6. The van der Waals surface area contributed by atoms with Crippen LogP contribution >= 0.6 is 0 Å². The molecule has 38 heavy (non-hydrogen) atoms. The molecule has 2 aromatic carbocycles. The topological polar surface area (TPSA) is 82.9 Å². The average molecular weight is 516 g/mol. The average Bonchev–Trinajstić information content (AvgIpc) is 3.44. The van der Waals surface area contributed by atoms with E-state index < -0.39 is 0 Å². The Balaban J connectivity index is 1.38. The number of nitrogens with zero attached hydrogens (tertiary/aromatic N) is 6. The fraction of sp³-hybridized carbons (Fsp3) is 0.448. The van der Waals surface area contributed by atoms with E-state index in [1.165, 1.54) is 37.0 Å². The molecule has 0 amide bonds. The number of halogens is 1. The maximum absolute atomic E-state index is 13.6. The molecule has 1 N–H and O–H groups in total. The van der Waals surface area contributed by atoms with Crippen LogP contribution in [-0.2, 0) is 6.42 Å². The molecule has 8 nitrogen and oxygen atoms in total. The Bertz CT molecular complexity index is 1450. The van der Waals surface area contributed by atoms with Crippen LogP contribution in [0.3, 0.4) is 0 Å². The van der Waals surface area contributed by atoms with Gasteiger partial charge in [0.15, 0.2) is 5.82 Å². The van der Waals surface area contributed by atoms with Gasteiger partial charge in [-0.3, -0.25) is 9.69 Å². The Morgan fingerprint density at radius 3 is 2.50 bits per heavy atom. The van der Waals surface area contributed by atoms with Crippen LogP contribution in [0.1, 0.15) is 68.1 Å². The van der Waals surface area contributed by atoms with E-state index in [4.69, 9.17) is 0 Å². The van der Waals surface area contributed by atoms with Crippen LogP contribution in [0.25, 0.3) is 10.9 Å². The largest absolute Gasteiger partial charge is 0.369 e. The van der Waals surface area contributed by atoms with Crippen molar-refractivity contribution >= 4 is 16.6 Å². The summed E-state index contributed by atoms with van der Waals surface area (Å²) in [6.07, 6.45) is 6.61. The minimum atomic E-state index is -0.360. The Kier molecular flexibility index (Phi) is 6.93. The van der Waals surface area contributed by atoms with Gasteiger partial charge in [0.2, 0.25) is 0 Å². The summed E-state index contributed by atoms with van der Waals surface area (Å²) < 4.78 is 15.5. The lowest BCUT2D eigenvalue weighted by Crippen LogP contribution is -2.49. The van der Waals surface area contributed by atoms with Crippen molar-refractivity contribution < 1.29 is 4.39 Å². The lowest BCUT2D eigenvalue weighted by Gasteiger charge is -2.40. The van der Waals surface area contributed by atoms with Gasteiger partial charge in [-0.05, 0) is 83.1 Å². The van der Waals surface area contributed by atoms with Crippen molar-refractivity contribution in [3.05, 3.63) is 81.7 Å². The lowest BCUT2D eigenvalue weighted by molar-refractivity contribution is 0.192. The predicted molar refractivity (Wildman–Crippen MR) is 146 cm³/mol. The highest BCUT2D eigenvalue weighted by molar-refractivity contribution is 5.80. The van der Waals surface area contributed by atoms with E-state index in [9.17, 15) is 9.18 Å². The van der Waals surface area contributed by atoms with Crippen molar-refractivity contribution in [2.75, 3.05) is 31.1 Å². The number of aromatic amines is 1. The molecule has 2 aromatic heterocycles. The van der Waals surface area contributed by atoms with E-state index in [1.54, 1.807) is 0 Å². The number of hydrogen-bond donors (Lipinski definition) is 1. The summed E-state index contributed by atoms with van der Waals surface area (Å²) in [5.41, 5.74) is 3.64. The monoisotopic (exact) mass is 515 g/mol. The van der Waals surface area contributed by atoms with Gasteiger partial charge in [-0.1, -0.05) is 32.3 Å². The second-order valence-corrected chi connectivity index (χ2v) is 10.5. The van der Waals surface area contributed by atoms with Gasteiger partial charge in [-0.25, -0.2) is 9.07 Å². The van der Waals surface area contributed by atoms with Crippen molar-refractivity contribution in [3.63, 3.8) is 0 Å². The van der Waals surface area contributed by atoms with Crippen LogP contribution in [0, 0.1) is 5.82 Å². The predicted octanol–water partition coefficient (Wildman–Crippen LogP) is 4.63. The molecule has 0 unspecified atom stereocenters. The van der Waals surface area contributed by atoms with Gasteiger partial charge in [0.05, 0.1) is 6.04 Å². The number of fused-ring (bicyclic) bond motifs is 1. The zero-order valence-electron chi connectivity index (χ0n) is 21.8. The normalized spacial score (nSPS) is 18.2. The van der Waals surface area contributed by atoms with Gasteiger partial charge in [0.25, 0.3) is 5.56 Å². The van der Waals surface area contributed by atoms with Crippen LogP contribution in [0.5, 0.6) is 0 Å². The molecule has 1 atom stereocenters. The molecule has 2 fully saturated rings. The molecule has 0 spiro atoms. The molecule has 6 rings (SSSR count). The summed E-state index contributed by atoms with van der Waals surface area (Å²) in [6, 6.07) is 14.8. The molecule has 1 saturated heterocycles. The van der Waals surface area contributed by atoms with Gasteiger partial charge < -0.3 is 9.88 Å². The molecule has 9 heteroatoms. The number of H-pyrrole nitrogens is 1. The highest BCUT2D eigenvalue weighted by Crippen LogP contribution is 2.34. The van der Waals surface area contributed by atoms with E-state index in [2.05, 4.69) is 49.4 Å². The molecule has 4 aromatic rings. The van der Waals surface area contributed by atoms with Gasteiger partial charge in [-0.15, -0.1) is 5.10 Å². The van der Waals surface area contributed by atoms with Gasteiger partial charge in [0.1, 0.15) is 11.9 Å². The number of benzene rings is 2. The first kappa shape index (κ1) is 24.7. The first-order chi connectivity index (χ1) is 18.6. The van der Waals surface area contributed by atoms with Crippen LogP contribution < -0.4 is 10.5 Å². The highest BCUT2D eigenvalue weighted by atomic mass is 19.1. The standard InChI is InChI=1S/C29H34FN7O/c1-2-20-8-13-26-21(18-20)19-25(29(38)31-26)27(28-32-33-34-37(28)24-6-4-3-5-7-24)36-16-14-35(15-17-36)23-11-9-22(30)10-12-23/h8-13,18-19,24,27H,2-7,14-17H2,1H3,(H,31,38)/t27-/m1/s1. The first-order valence-corrected chi connectivity index (χ1v) is 13.8. The zero-order valence-corrected chi connectivity index (χ0v) is 21.8. The van der Waals surface area contributed by atoms with Crippen molar-refractivity contribution in [3.8, 4) is 0 Å². The van der Waals surface area contributed by atoms with E-state index in [0.29, 0.717) is 5.56 Å². The number of piperazine rings is 1. The van der Waals surface area contributed by atoms with Gasteiger partial charge >= 0.3 is 0 Å². The Hall–Kier alpha value is -3.59. The summed E-state index contributed by atoms with van der Waals surface area (Å²) in [6.45, 7) is 5.12. The lowest BCUT2D eigenvalue weighted by atomic mass is 9.95. The summed E-state index contributed by atoms with van der Waals surface area (Å²) in [7, 11) is 0. The summed E-state index contributed by atoms with van der Waals surface area (Å²) >= 11 is 0. The Labute approximate surface area is 221 Å². The summed E-state index contributed by atoms with van der Waals surface area (Å²) in [5.74, 6) is 0.507. The number of aryl methyl sites for hydroxylation is 1. The first-order valence-electron chi connectivity index (χ1n) is 13.8. The molecular weight excluding hydrogens is 481 g/mol. The smallest absolute Gasteiger partial charge is 0.253 e. The van der Waals surface area contributed by atoms with Crippen molar-refractivity contribution in [1.82, 2.24) is 30.1 Å². The molecule has 0 radical (unpaired) electrons. The second-order valence-electron chi connectivity index (χ2n) is 10.5. The Morgan fingerprint density at radius 1 is 1.00 bits per heavy atom. The van der Waals surface area contributed by atoms with E-state index >= 15 is 0 Å². The molecular formula is C29H34FN7O. The van der Waals surface area contributed by atoms with Crippen molar-refractivity contribution in [2.45, 2.75) is 57.5 Å². The fourth-order valence-electron chi connectivity index (χ4n) is 6.05. The van der Waals surface area contributed by atoms with E-state index in [0.717, 1.165) is 67.9 Å². The number of tetrazole rings is 1. The van der Waals surface area contributed by atoms with E-state index in [-0.39, 0.29) is 23.5 Å². The number of rotatable bonds is 6. The SMILES string of the molecule is CCc1ccc2[nH]c(=O)c([C@H](c3nnnn3C3CCCCC3)N3CCN(c4ccc(F)cc4)CC3)cc2c1. The third-order valence-electron chi connectivity index (χ3n) is 8.19. The second kappa shape index (κ2) is 10.6. The van der Waals surface area contributed by atoms with Crippen LogP contribution in [0.4, 0.5) is 10.1 Å². The van der Waals surface area contributed by atoms with Crippen molar-refractivity contribution in [1.29, 1.82) is 0 Å². The fourth-order valence-corrected chi connectivity index (χ4v) is 6.05. The van der Waals surface area contributed by atoms with E-state index in [1.807, 2.05) is 28.9 Å². The van der Waals surface area contributed by atoms with Gasteiger partial charge in [0, 0.05) is 42.9 Å².